The van der Waals surface area contributed by atoms with Gasteiger partial charge < -0.3 is 5.11 Å². The van der Waals surface area contributed by atoms with Crippen LogP contribution in [0.1, 0.15) is 16.2 Å². The summed E-state index contributed by atoms with van der Waals surface area (Å²) < 4.78 is 38.1. The van der Waals surface area contributed by atoms with Crippen LogP contribution in [0.4, 0.5) is 19.1 Å². The van der Waals surface area contributed by atoms with Crippen molar-refractivity contribution in [3.63, 3.8) is 0 Å². The first kappa shape index (κ1) is 13.8. The Morgan fingerprint density at radius 3 is 2.50 bits per heavy atom. The number of rotatable bonds is 2. The normalized spacial score (nSPS) is 11.4. The Bertz CT molecular complexity index is 651. The topological polar surface area (TPSA) is 80.0 Å². The van der Waals surface area contributed by atoms with Gasteiger partial charge in [-0.25, -0.2) is 0 Å². The number of nitrogens with one attached hydrogen (secondary N) is 1. The third-order valence-corrected chi connectivity index (χ3v) is 2.50. The molecule has 0 fully saturated rings. The Balaban J connectivity index is 2.26. The van der Waals surface area contributed by atoms with E-state index < -0.39 is 17.9 Å². The number of hydrogen-bond donors (Lipinski definition) is 2. The largest absolute Gasteiger partial charge is 0.507 e. The summed E-state index contributed by atoms with van der Waals surface area (Å²) in [5.74, 6) is -2.67. The molecule has 106 valence electrons. The van der Waals surface area contributed by atoms with Crippen LogP contribution in [0.2, 0.25) is 0 Å². The quantitative estimate of drug-likeness (QED) is 0.882. The number of aromatic nitrogens is 3. The summed E-state index contributed by atoms with van der Waals surface area (Å²) in [5.41, 5.74) is -0.0796. The Morgan fingerprint density at radius 1 is 1.30 bits per heavy atom. The molecule has 0 saturated heterocycles. The van der Waals surface area contributed by atoms with Gasteiger partial charge in [0.05, 0.1) is 5.56 Å². The van der Waals surface area contributed by atoms with E-state index in [2.05, 4.69) is 15.5 Å². The molecule has 0 aliphatic rings. The Morgan fingerprint density at radius 2 is 1.95 bits per heavy atom. The van der Waals surface area contributed by atoms with E-state index in [-0.39, 0.29) is 17.3 Å². The minimum atomic E-state index is -4.67. The van der Waals surface area contributed by atoms with Crippen LogP contribution >= 0.6 is 0 Å². The van der Waals surface area contributed by atoms with Gasteiger partial charge in [0, 0.05) is 7.05 Å². The zero-order chi connectivity index (χ0) is 14.9. The fourth-order valence-corrected chi connectivity index (χ4v) is 1.52. The Kier molecular flexibility index (Phi) is 3.35. The van der Waals surface area contributed by atoms with Gasteiger partial charge in [0.2, 0.25) is 11.8 Å². The second-order valence-corrected chi connectivity index (χ2v) is 3.88. The van der Waals surface area contributed by atoms with Gasteiger partial charge in [0.25, 0.3) is 5.91 Å². The second-order valence-electron chi connectivity index (χ2n) is 3.88. The number of phenolic OH excluding ortho intramolecular Hbond substituents is 1. The first-order chi connectivity index (χ1) is 9.30. The molecule has 0 unspecified atom stereocenters. The fourth-order valence-electron chi connectivity index (χ4n) is 1.52. The number of anilines is 1. The van der Waals surface area contributed by atoms with E-state index in [1.54, 1.807) is 0 Å². The van der Waals surface area contributed by atoms with Crippen LogP contribution in [0.5, 0.6) is 5.75 Å². The van der Waals surface area contributed by atoms with Crippen molar-refractivity contribution in [1.82, 2.24) is 14.8 Å². The number of alkyl halides is 3. The maximum Gasteiger partial charge on any atom is 0.451 e. The number of hydrogen-bond acceptors (Lipinski definition) is 4. The highest BCUT2D eigenvalue weighted by molar-refractivity contribution is 6.05. The summed E-state index contributed by atoms with van der Waals surface area (Å²) in [5, 5.41) is 17.9. The highest BCUT2D eigenvalue weighted by Gasteiger charge is 2.37. The summed E-state index contributed by atoms with van der Waals surface area (Å²) in [6, 6.07) is 5.63. The van der Waals surface area contributed by atoms with E-state index >= 15 is 0 Å². The number of carbonyl (C=O) groups is 1. The van der Waals surface area contributed by atoms with Crippen molar-refractivity contribution in [2.24, 2.45) is 7.05 Å². The highest BCUT2D eigenvalue weighted by atomic mass is 19.4. The molecular weight excluding hydrogens is 277 g/mol. The minimum Gasteiger partial charge on any atom is -0.507 e. The van der Waals surface area contributed by atoms with Crippen molar-refractivity contribution in [1.29, 1.82) is 0 Å². The third kappa shape index (κ3) is 2.56. The van der Waals surface area contributed by atoms with Gasteiger partial charge in [0.1, 0.15) is 5.75 Å². The molecule has 0 atom stereocenters. The van der Waals surface area contributed by atoms with Gasteiger partial charge in [0.15, 0.2) is 0 Å². The van der Waals surface area contributed by atoms with E-state index in [4.69, 9.17) is 0 Å². The maximum absolute atomic E-state index is 12.5. The van der Waals surface area contributed by atoms with Gasteiger partial charge in [-0.3, -0.25) is 14.7 Å². The SMILES string of the molecule is Cn1c(NC(=O)c2ccccc2O)nnc1C(F)(F)F. The number of para-hydroxylation sites is 1. The summed E-state index contributed by atoms with van der Waals surface area (Å²) in [6.45, 7) is 0. The predicted octanol–water partition coefficient (Wildman–Crippen LogP) is 1.79. The van der Waals surface area contributed by atoms with Crippen LogP contribution in [0.15, 0.2) is 24.3 Å². The lowest BCUT2D eigenvalue weighted by Gasteiger charge is -2.08. The number of benzene rings is 1. The van der Waals surface area contributed by atoms with E-state index in [1.165, 1.54) is 24.3 Å². The summed E-state index contributed by atoms with van der Waals surface area (Å²) in [4.78, 5) is 11.8. The van der Waals surface area contributed by atoms with E-state index in [9.17, 15) is 23.1 Å². The average Bonchev–Trinajstić information content (AvgIpc) is 2.71. The standard InChI is InChI=1S/C11H9F3N4O2/c1-18-9(11(12,13)14)16-17-10(18)15-8(20)6-4-2-3-5-7(6)19/h2-5,19H,1H3,(H,15,17,20). The van der Waals surface area contributed by atoms with Crippen molar-refractivity contribution < 1.29 is 23.1 Å². The lowest BCUT2D eigenvalue weighted by Crippen LogP contribution is -2.17. The summed E-state index contributed by atoms with van der Waals surface area (Å²) >= 11 is 0. The molecule has 0 aliphatic heterocycles. The minimum absolute atomic E-state index is 0.0796. The van der Waals surface area contributed by atoms with Gasteiger partial charge in [-0.15, -0.1) is 10.2 Å². The smallest absolute Gasteiger partial charge is 0.451 e. The summed E-state index contributed by atoms with van der Waals surface area (Å²) in [7, 11) is 1.07. The molecule has 0 radical (unpaired) electrons. The van der Waals surface area contributed by atoms with Crippen LogP contribution in [0, 0.1) is 0 Å². The number of halogens is 3. The van der Waals surface area contributed by atoms with Crippen LogP contribution in [0.25, 0.3) is 0 Å². The molecule has 0 saturated carbocycles. The molecule has 6 nitrogen and oxygen atoms in total. The molecule has 1 heterocycles. The molecule has 1 amide bonds. The molecule has 2 rings (SSSR count). The molecule has 0 spiro atoms. The molecule has 0 aliphatic carbocycles. The van der Waals surface area contributed by atoms with Crippen molar-refractivity contribution in [2.45, 2.75) is 6.18 Å². The van der Waals surface area contributed by atoms with Crippen molar-refractivity contribution in [2.75, 3.05) is 5.32 Å². The van der Waals surface area contributed by atoms with Gasteiger partial charge >= 0.3 is 6.18 Å². The van der Waals surface area contributed by atoms with Gasteiger partial charge in [-0.1, -0.05) is 12.1 Å². The maximum atomic E-state index is 12.5. The van der Waals surface area contributed by atoms with Crippen LogP contribution < -0.4 is 5.32 Å². The number of amides is 1. The van der Waals surface area contributed by atoms with E-state index in [0.717, 1.165) is 7.05 Å². The Labute approximate surface area is 110 Å². The Hall–Kier alpha value is -2.58. The molecule has 2 aromatic rings. The number of aromatic hydroxyl groups is 1. The van der Waals surface area contributed by atoms with Crippen LogP contribution in [0.3, 0.4) is 0 Å². The molecule has 2 N–H and O–H groups in total. The predicted molar refractivity (Wildman–Crippen MR) is 62.1 cm³/mol. The average molecular weight is 286 g/mol. The van der Waals surface area contributed by atoms with Crippen molar-refractivity contribution >= 4 is 11.9 Å². The number of phenols is 1. The third-order valence-electron chi connectivity index (χ3n) is 2.50. The highest BCUT2D eigenvalue weighted by Crippen LogP contribution is 2.28. The number of carbonyl (C=O) groups excluding carboxylic acids is 1. The molecule has 9 heteroatoms. The zero-order valence-electron chi connectivity index (χ0n) is 10.1. The van der Waals surface area contributed by atoms with Gasteiger partial charge in [-0.2, -0.15) is 13.2 Å². The van der Waals surface area contributed by atoms with Crippen LogP contribution in [-0.4, -0.2) is 25.8 Å². The first-order valence-corrected chi connectivity index (χ1v) is 5.36. The fraction of sp³-hybridized carbons (Fsp3) is 0.182. The second kappa shape index (κ2) is 4.83. The molecule has 20 heavy (non-hydrogen) atoms. The van der Waals surface area contributed by atoms with Crippen LogP contribution in [-0.2, 0) is 13.2 Å². The first-order valence-electron chi connectivity index (χ1n) is 5.36. The van der Waals surface area contributed by atoms with E-state index in [0.29, 0.717) is 4.57 Å². The zero-order valence-corrected chi connectivity index (χ0v) is 10.1. The molecule has 0 bridgehead atoms. The monoisotopic (exact) mass is 286 g/mol. The lowest BCUT2D eigenvalue weighted by molar-refractivity contribution is -0.146. The van der Waals surface area contributed by atoms with E-state index in [1.807, 2.05) is 0 Å². The van der Waals surface area contributed by atoms with Crippen molar-refractivity contribution in [3.05, 3.63) is 35.7 Å². The molecule has 1 aromatic carbocycles. The van der Waals surface area contributed by atoms with Gasteiger partial charge in [-0.05, 0) is 12.1 Å². The molecule has 1 aromatic heterocycles. The van der Waals surface area contributed by atoms with Crippen molar-refractivity contribution in [3.8, 4) is 5.75 Å². The molecular formula is C11H9F3N4O2. The number of nitrogens with zero attached hydrogens (tertiary/aromatic N) is 3. The lowest BCUT2D eigenvalue weighted by atomic mass is 10.2. The summed E-state index contributed by atoms with van der Waals surface area (Å²) in [6.07, 6.45) is -4.67.